The van der Waals surface area contributed by atoms with Gasteiger partial charge in [0, 0.05) is 13.1 Å². The van der Waals surface area contributed by atoms with Gasteiger partial charge in [0.05, 0.1) is 14.2 Å². The summed E-state index contributed by atoms with van der Waals surface area (Å²) in [5.41, 5.74) is 0.310. The zero-order valence-corrected chi connectivity index (χ0v) is 11.3. The quantitative estimate of drug-likeness (QED) is 0.777. The fraction of sp³-hybridized carbons (Fsp3) is 0.538. The largest absolute Gasteiger partial charge is 0.465 e. The van der Waals surface area contributed by atoms with Gasteiger partial charge in [-0.05, 0) is 19.8 Å². The summed E-state index contributed by atoms with van der Waals surface area (Å²) < 4.78 is 15.1. The lowest BCUT2D eigenvalue weighted by molar-refractivity contribution is 0.0556. The second-order valence-electron chi connectivity index (χ2n) is 4.39. The van der Waals surface area contributed by atoms with Gasteiger partial charge in [0.2, 0.25) is 5.88 Å². The number of hydrogen-bond donors (Lipinski definition) is 0. The maximum Gasteiger partial charge on any atom is 0.344 e. The summed E-state index contributed by atoms with van der Waals surface area (Å²) >= 11 is 0. The van der Waals surface area contributed by atoms with E-state index in [-0.39, 0.29) is 11.1 Å². The van der Waals surface area contributed by atoms with Crippen LogP contribution in [0.5, 0.6) is 0 Å². The topological polar surface area (TPSA) is 69.0 Å². The van der Waals surface area contributed by atoms with Crippen LogP contribution in [0, 0.1) is 6.92 Å². The third kappa shape index (κ3) is 2.30. The molecule has 6 nitrogen and oxygen atoms in total. The molecule has 0 atom stereocenters. The highest BCUT2D eigenvalue weighted by molar-refractivity contribution is 6.07. The van der Waals surface area contributed by atoms with E-state index in [1.54, 1.807) is 6.92 Å². The molecule has 104 valence electrons. The van der Waals surface area contributed by atoms with E-state index in [0.717, 1.165) is 25.9 Å². The van der Waals surface area contributed by atoms with E-state index in [4.69, 9.17) is 13.9 Å². The van der Waals surface area contributed by atoms with E-state index in [9.17, 15) is 9.59 Å². The van der Waals surface area contributed by atoms with Crippen LogP contribution in [0.4, 0.5) is 5.88 Å². The smallest absolute Gasteiger partial charge is 0.344 e. The summed E-state index contributed by atoms with van der Waals surface area (Å²) in [6.45, 7) is 3.24. The number of methoxy groups -OCH3 is 2. The standard InChI is InChI=1S/C13H17NO5/c1-8-9(12(15)17-2)10(13(16)18-3)11(19-8)14-6-4-5-7-14/h4-7H2,1-3H3. The summed E-state index contributed by atoms with van der Waals surface area (Å²) in [6.07, 6.45) is 2.07. The minimum Gasteiger partial charge on any atom is -0.465 e. The number of anilines is 1. The summed E-state index contributed by atoms with van der Waals surface area (Å²) in [4.78, 5) is 25.7. The van der Waals surface area contributed by atoms with Crippen molar-refractivity contribution in [3.05, 3.63) is 16.9 Å². The van der Waals surface area contributed by atoms with Crippen molar-refractivity contribution in [2.24, 2.45) is 0 Å². The molecule has 1 saturated heterocycles. The first-order valence-electron chi connectivity index (χ1n) is 6.15. The Morgan fingerprint density at radius 1 is 1.05 bits per heavy atom. The predicted molar refractivity (Wildman–Crippen MR) is 67.6 cm³/mol. The van der Waals surface area contributed by atoms with Gasteiger partial charge >= 0.3 is 11.9 Å². The number of nitrogens with zero attached hydrogens (tertiary/aromatic N) is 1. The van der Waals surface area contributed by atoms with Crippen LogP contribution in [-0.2, 0) is 9.47 Å². The average molecular weight is 267 g/mol. The number of esters is 2. The Hall–Kier alpha value is -1.98. The second-order valence-corrected chi connectivity index (χ2v) is 4.39. The average Bonchev–Trinajstić information content (AvgIpc) is 3.03. The molecule has 0 aromatic carbocycles. The Morgan fingerprint density at radius 3 is 2.11 bits per heavy atom. The minimum absolute atomic E-state index is 0.149. The van der Waals surface area contributed by atoms with Crippen molar-refractivity contribution >= 4 is 17.8 Å². The molecule has 0 saturated carbocycles. The third-order valence-corrected chi connectivity index (χ3v) is 3.24. The number of furan rings is 1. The fourth-order valence-electron chi connectivity index (χ4n) is 2.31. The van der Waals surface area contributed by atoms with Gasteiger partial charge in [-0.25, -0.2) is 9.59 Å². The number of ether oxygens (including phenoxy) is 2. The lowest BCUT2D eigenvalue weighted by Gasteiger charge is -2.15. The number of carbonyl (C=O) groups is 2. The molecule has 1 aliphatic rings. The summed E-state index contributed by atoms with van der Waals surface area (Å²) in [6, 6.07) is 0. The Balaban J connectivity index is 2.54. The molecule has 0 radical (unpaired) electrons. The molecule has 6 heteroatoms. The molecule has 0 spiro atoms. The van der Waals surface area contributed by atoms with Gasteiger partial charge in [0.25, 0.3) is 0 Å². The third-order valence-electron chi connectivity index (χ3n) is 3.24. The minimum atomic E-state index is -0.591. The van der Waals surface area contributed by atoms with Crippen molar-refractivity contribution in [1.82, 2.24) is 0 Å². The SMILES string of the molecule is COC(=O)c1c(C)oc(N2CCCC2)c1C(=O)OC. The van der Waals surface area contributed by atoms with E-state index in [0.29, 0.717) is 11.6 Å². The zero-order chi connectivity index (χ0) is 14.0. The monoisotopic (exact) mass is 267 g/mol. The lowest BCUT2D eigenvalue weighted by Crippen LogP contribution is -2.21. The summed E-state index contributed by atoms with van der Waals surface area (Å²) in [5.74, 6) is -0.400. The molecule has 1 aromatic rings. The van der Waals surface area contributed by atoms with Gasteiger partial charge in [-0.2, -0.15) is 0 Å². The number of carbonyl (C=O) groups excluding carboxylic acids is 2. The Labute approximate surface area is 111 Å². The van der Waals surface area contributed by atoms with Crippen LogP contribution in [0.25, 0.3) is 0 Å². The van der Waals surface area contributed by atoms with Crippen molar-refractivity contribution in [3.63, 3.8) is 0 Å². The molecule has 0 N–H and O–H groups in total. The fourth-order valence-corrected chi connectivity index (χ4v) is 2.31. The maximum absolute atomic E-state index is 11.9. The number of hydrogen-bond acceptors (Lipinski definition) is 6. The first-order chi connectivity index (χ1) is 9.10. The molecule has 0 bridgehead atoms. The Bertz CT molecular complexity index is 499. The molecule has 2 heterocycles. The number of rotatable bonds is 3. The van der Waals surface area contributed by atoms with Gasteiger partial charge < -0.3 is 18.8 Å². The van der Waals surface area contributed by atoms with Crippen LogP contribution in [0.3, 0.4) is 0 Å². The maximum atomic E-state index is 11.9. The lowest BCUT2D eigenvalue weighted by atomic mass is 10.1. The molecular formula is C13H17NO5. The zero-order valence-electron chi connectivity index (χ0n) is 11.3. The molecule has 0 unspecified atom stereocenters. The Kier molecular flexibility index (Phi) is 3.78. The van der Waals surface area contributed by atoms with E-state index in [2.05, 4.69) is 0 Å². The molecular weight excluding hydrogens is 250 g/mol. The summed E-state index contributed by atoms with van der Waals surface area (Å²) in [7, 11) is 2.55. The van der Waals surface area contributed by atoms with Gasteiger partial charge in [-0.3, -0.25) is 0 Å². The molecule has 0 amide bonds. The molecule has 2 rings (SSSR count). The highest BCUT2D eigenvalue weighted by atomic mass is 16.5. The normalized spacial score (nSPS) is 14.6. The van der Waals surface area contributed by atoms with Gasteiger partial charge in [0.15, 0.2) is 0 Å². The van der Waals surface area contributed by atoms with E-state index >= 15 is 0 Å². The van der Waals surface area contributed by atoms with E-state index < -0.39 is 11.9 Å². The molecule has 1 aromatic heterocycles. The van der Waals surface area contributed by atoms with Crippen LogP contribution in [0.15, 0.2) is 4.42 Å². The van der Waals surface area contributed by atoms with E-state index in [1.165, 1.54) is 14.2 Å². The first kappa shape index (κ1) is 13.5. The van der Waals surface area contributed by atoms with Crippen molar-refractivity contribution in [2.75, 3.05) is 32.2 Å². The Morgan fingerprint density at radius 2 is 1.58 bits per heavy atom. The molecule has 0 aliphatic carbocycles. The number of aryl methyl sites for hydroxylation is 1. The predicted octanol–water partition coefficient (Wildman–Crippen LogP) is 1.76. The molecule has 1 aliphatic heterocycles. The van der Waals surface area contributed by atoms with Gasteiger partial charge in [-0.1, -0.05) is 0 Å². The van der Waals surface area contributed by atoms with Crippen LogP contribution in [0.1, 0.15) is 39.3 Å². The first-order valence-corrected chi connectivity index (χ1v) is 6.15. The van der Waals surface area contributed by atoms with Crippen molar-refractivity contribution in [2.45, 2.75) is 19.8 Å². The van der Waals surface area contributed by atoms with Crippen molar-refractivity contribution in [3.8, 4) is 0 Å². The van der Waals surface area contributed by atoms with Crippen LogP contribution in [-0.4, -0.2) is 39.2 Å². The highest BCUT2D eigenvalue weighted by Gasteiger charge is 2.33. The van der Waals surface area contributed by atoms with Crippen molar-refractivity contribution in [1.29, 1.82) is 0 Å². The molecule has 19 heavy (non-hydrogen) atoms. The van der Waals surface area contributed by atoms with Crippen molar-refractivity contribution < 1.29 is 23.5 Å². The van der Waals surface area contributed by atoms with E-state index in [1.807, 2.05) is 4.90 Å². The second kappa shape index (κ2) is 5.34. The summed E-state index contributed by atoms with van der Waals surface area (Å²) in [5, 5.41) is 0. The highest BCUT2D eigenvalue weighted by Crippen LogP contribution is 2.33. The van der Waals surface area contributed by atoms with Gasteiger partial charge in [0.1, 0.15) is 16.9 Å². The molecule has 1 fully saturated rings. The van der Waals surface area contributed by atoms with Crippen LogP contribution < -0.4 is 4.90 Å². The van der Waals surface area contributed by atoms with Gasteiger partial charge in [-0.15, -0.1) is 0 Å². The van der Waals surface area contributed by atoms with Crippen LogP contribution >= 0.6 is 0 Å². The van der Waals surface area contributed by atoms with Crippen LogP contribution in [0.2, 0.25) is 0 Å².